The summed E-state index contributed by atoms with van der Waals surface area (Å²) in [4.78, 5) is 35.2. The molecule has 1 saturated heterocycles. The standard InChI is InChI=1S/C22H30O7/c1-5-13(2)21(25)28-12-16-7-6-8-17(11-27-15(4)23)10-19-20(18(24)9-16)14(3)22(26)29-19/h7,10,13,18-20,24H,3,5-6,8-9,11-12H2,1-2,4H3/b16-7+,17-10-. The molecule has 0 spiro atoms. The quantitative estimate of drug-likeness (QED) is 0.313. The third-order valence-corrected chi connectivity index (χ3v) is 5.32. The number of aliphatic hydroxyl groups excluding tert-OH is 1. The van der Waals surface area contributed by atoms with Gasteiger partial charge in [0.05, 0.1) is 17.9 Å². The number of hydrogen-bond donors (Lipinski definition) is 1. The minimum atomic E-state index is -0.920. The molecule has 1 N–H and O–H groups in total. The van der Waals surface area contributed by atoms with Crippen molar-refractivity contribution >= 4 is 17.9 Å². The van der Waals surface area contributed by atoms with E-state index in [1.54, 1.807) is 13.0 Å². The van der Waals surface area contributed by atoms with Gasteiger partial charge in [0, 0.05) is 12.5 Å². The van der Waals surface area contributed by atoms with E-state index in [2.05, 4.69) is 6.58 Å². The van der Waals surface area contributed by atoms with Crippen LogP contribution in [0.1, 0.15) is 46.5 Å². The molecule has 29 heavy (non-hydrogen) atoms. The van der Waals surface area contributed by atoms with E-state index in [0.29, 0.717) is 19.3 Å². The zero-order valence-corrected chi connectivity index (χ0v) is 17.3. The van der Waals surface area contributed by atoms with Crippen LogP contribution in [0.4, 0.5) is 0 Å². The minimum absolute atomic E-state index is 0.0852. The van der Waals surface area contributed by atoms with Gasteiger partial charge in [0.15, 0.2) is 0 Å². The number of carbonyl (C=O) groups is 3. The summed E-state index contributed by atoms with van der Waals surface area (Å²) in [6.45, 7) is 9.00. The lowest BCUT2D eigenvalue weighted by Gasteiger charge is -2.24. The third kappa shape index (κ3) is 6.29. The molecule has 0 aromatic carbocycles. The van der Waals surface area contributed by atoms with Gasteiger partial charge in [-0.2, -0.15) is 0 Å². The molecule has 4 atom stereocenters. The van der Waals surface area contributed by atoms with Crippen molar-refractivity contribution in [3.63, 3.8) is 0 Å². The van der Waals surface area contributed by atoms with E-state index in [4.69, 9.17) is 14.2 Å². The van der Waals surface area contributed by atoms with E-state index in [1.807, 2.05) is 13.0 Å². The molecule has 0 bridgehead atoms. The van der Waals surface area contributed by atoms with Crippen LogP contribution in [0, 0.1) is 11.8 Å². The maximum absolute atomic E-state index is 12.0. The Morgan fingerprint density at radius 1 is 1.31 bits per heavy atom. The molecule has 0 radical (unpaired) electrons. The molecule has 0 aromatic heterocycles. The highest BCUT2D eigenvalue weighted by Gasteiger charge is 2.42. The Morgan fingerprint density at radius 2 is 2.00 bits per heavy atom. The lowest BCUT2D eigenvalue weighted by molar-refractivity contribution is -0.147. The molecule has 7 heteroatoms. The number of ether oxygens (including phenoxy) is 3. The molecule has 1 aliphatic carbocycles. The molecule has 1 fully saturated rings. The fraction of sp³-hybridized carbons (Fsp3) is 0.591. The summed E-state index contributed by atoms with van der Waals surface area (Å²) >= 11 is 0. The molecule has 160 valence electrons. The average Bonchev–Trinajstić information content (AvgIpc) is 2.95. The van der Waals surface area contributed by atoms with Gasteiger partial charge in [-0.1, -0.05) is 26.5 Å². The van der Waals surface area contributed by atoms with Gasteiger partial charge in [0.2, 0.25) is 0 Å². The molecule has 1 aliphatic heterocycles. The highest BCUT2D eigenvalue weighted by Crippen LogP contribution is 2.34. The zero-order valence-electron chi connectivity index (χ0n) is 17.3. The molecule has 4 unspecified atom stereocenters. The summed E-state index contributed by atoms with van der Waals surface area (Å²) in [5, 5.41) is 10.8. The monoisotopic (exact) mass is 406 g/mol. The predicted octanol–water partition coefficient (Wildman–Crippen LogP) is 2.63. The summed E-state index contributed by atoms with van der Waals surface area (Å²) in [5.41, 5.74) is 1.77. The average molecular weight is 406 g/mol. The first-order chi connectivity index (χ1) is 13.7. The van der Waals surface area contributed by atoms with E-state index < -0.39 is 30.1 Å². The summed E-state index contributed by atoms with van der Waals surface area (Å²) in [6.07, 6.45) is 4.21. The Labute approximate surface area is 171 Å². The summed E-state index contributed by atoms with van der Waals surface area (Å²) < 4.78 is 15.9. The second kappa shape index (κ2) is 10.4. The van der Waals surface area contributed by atoms with Crippen LogP contribution >= 0.6 is 0 Å². The zero-order chi connectivity index (χ0) is 21.6. The lowest BCUT2D eigenvalue weighted by atomic mass is 9.85. The van der Waals surface area contributed by atoms with Crippen molar-refractivity contribution < 1.29 is 33.7 Å². The first-order valence-electron chi connectivity index (χ1n) is 9.98. The second-order valence-electron chi connectivity index (χ2n) is 7.62. The third-order valence-electron chi connectivity index (χ3n) is 5.32. The smallest absolute Gasteiger partial charge is 0.334 e. The second-order valence-corrected chi connectivity index (χ2v) is 7.62. The van der Waals surface area contributed by atoms with Gasteiger partial charge in [-0.05, 0) is 42.9 Å². The largest absolute Gasteiger partial charge is 0.461 e. The van der Waals surface area contributed by atoms with Crippen LogP contribution in [-0.2, 0) is 28.6 Å². The van der Waals surface area contributed by atoms with Gasteiger partial charge >= 0.3 is 17.9 Å². The van der Waals surface area contributed by atoms with E-state index >= 15 is 0 Å². The number of allylic oxidation sites excluding steroid dienone is 1. The number of hydrogen-bond acceptors (Lipinski definition) is 7. The summed E-state index contributed by atoms with van der Waals surface area (Å²) in [5.74, 6) is -2.03. The molecule has 0 saturated carbocycles. The van der Waals surface area contributed by atoms with Crippen LogP contribution in [-0.4, -0.2) is 48.4 Å². The van der Waals surface area contributed by atoms with E-state index in [1.165, 1.54) is 6.92 Å². The van der Waals surface area contributed by atoms with Crippen LogP contribution in [0.15, 0.2) is 35.5 Å². The summed E-state index contributed by atoms with van der Waals surface area (Å²) in [6, 6.07) is 0. The van der Waals surface area contributed by atoms with Gasteiger partial charge < -0.3 is 19.3 Å². The van der Waals surface area contributed by atoms with Crippen molar-refractivity contribution in [2.45, 2.75) is 58.7 Å². The van der Waals surface area contributed by atoms with Crippen LogP contribution in [0.5, 0.6) is 0 Å². The molecule has 0 aromatic rings. The van der Waals surface area contributed by atoms with Crippen molar-refractivity contribution in [3.05, 3.63) is 35.5 Å². The topological polar surface area (TPSA) is 99.1 Å². The van der Waals surface area contributed by atoms with Gasteiger partial charge in [0.25, 0.3) is 0 Å². The molecule has 7 nitrogen and oxygen atoms in total. The van der Waals surface area contributed by atoms with E-state index in [-0.39, 0.29) is 37.1 Å². The fourth-order valence-corrected chi connectivity index (χ4v) is 3.36. The number of fused-ring (bicyclic) bond motifs is 1. The van der Waals surface area contributed by atoms with E-state index in [9.17, 15) is 19.5 Å². The van der Waals surface area contributed by atoms with Crippen LogP contribution in [0.2, 0.25) is 0 Å². The number of carbonyl (C=O) groups excluding carboxylic acids is 3. The molecule has 2 rings (SSSR count). The molecular weight excluding hydrogens is 376 g/mol. The van der Waals surface area contributed by atoms with Crippen molar-refractivity contribution in [3.8, 4) is 0 Å². The Balaban J connectivity index is 2.20. The highest BCUT2D eigenvalue weighted by molar-refractivity contribution is 5.91. The van der Waals surface area contributed by atoms with Crippen LogP contribution in [0.25, 0.3) is 0 Å². The first-order valence-corrected chi connectivity index (χ1v) is 9.98. The summed E-state index contributed by atoms with van der Waals surface area (Å²) in [7, 11) is 0. The van der Waals surface area contributed by atoms with Crippen molar-refractivity contribution in [2.24, 2.45) is 11.8 Å². The fourth-order valence-electron chi connectivity index (χ4n) is 3.36. The Morgan fingerprint density at radius 3 is 2.66 bits per heavy atom. The van der Waals surface area contributed by atoms with Gasteiger partial charge in [-0.3, -0.25) is 9.59 Å². The van der Waals surface area contributed by atoms with Gasteiger partial charge in [-0.15, -0.1) is 0 Å². The molecular formula is C22H30O7. The first kappa shape index (κ1) is 22.9. The Hall–Kier alpha value is -2.41. The minimum Gasteiger partial charge on any atom is -0.461 e. The van der Waals surface area contributed by atoms with Crippen molar-refractivity contribution in [2.75, 3.05) is 13.2 Å². The van der Waals surface area contributed by atoms with Crippen molar-refractivity contribution in [1.82, 2.24) is 0 Å². The number of rotatable bonds is 6. The SMILES string of the molecule is C=C1C(=O)OC2/C=C(\COC(C)=O)CC/C=C(/COC(=O)C(C)CC)CC(O)C12. The van der Waals surface area contributed by atoms with Gasteiger partial charge in [0.1, 0.15) is 19.3 Å². The predicted molar refractivity (Wildman–Crippen MR) is 106 cm³/mol. The van der Waals surface area contributed by atoms with Gasteiger partial charge in [-0.25, -0.2) is 4.79 Å². The van der Waals surface area contributed by atoms with Crippen LogP contribution in [0.3, 0.4) is 0 Å². The highest BCUT2D eigenvalue weighted by atomic mass is 16.6. The van der Waals surface area contributed by atoms with Crippen LogP contribution < -0.4 is 0 Å². The molecule has 2 aliphatic rings. The maximum Gasteiger partial charge on any atom is 0.334 e. The number of esters is 3. The van der Waals surface area contributed by atoms with Crippen molar-refractivity contribution in [1.29, 1.82) is 0 Å². The normalized spacial score (nSPS) is 29.4. The molecule has 1 heterocycles. The Kier molecular flexibility index (Phi) is 8.20. The maximum atomic E-state index is 12.0. The molecule has 0 amide bonds. The lowest BCUT2D eigenvalue weighted by Crippen LogP contribution is -2.30. The number of aliphatic hydroxyl groups is 1. The van der Waals surface area contributed by atoms with E-state index in [0.717, 1.165) is 11.1 Å². The Bertz CT molecular complexity index is 719.